The van der Waals surface area contributed by atoms with Gasteiger partial charge in [-0.15, -0.1) is 0 Å². The van der Waals surface area contributed by atoms with E-state index in [-0.39, 0.29) is 5.91 Å². The Labute approximate surface area is 166 Å². The van der Waals surface area contributed by atoms with Gasteiger partial charge in [0.05, 0.1) is 20.3 Å². The predicted molar refractivity (Wildman–Crippen MR) is 109 cm³/mol. The van der Waals surface area contributed by atoms with E-state index in [2.05, 4.69) is 25.4 Å². The molecule has 3 rings (SSSR count). The molecule has 2 N–H and O–H groups in total. The van der Waals surface area contributed by atoms with Gasteiger partial charge in [0, 0.05) is 57.9 Å². The van der Waals surface area contributed by atoms with Crippen molar-refractivity contribution < 1.29 is 14.3 Å². The zero-order valence-electron chi connectivity index (χ0n) is 16.8. The molecule has 0 spiro atoms. The standard InChI is InChI=1S/C20H31N5O3/c1-21-20(25-9-6-17(15-25)24-10-12-28-13-11-24)23-8-7-22-19(26)16-4-3-5-18(14-16)27-2/h3-5,14,17H,6-13,15H2,1-2H3,(H,21,23)(H,22,26). The lowest BCUT2D eigenvalue weighted by atomic mass is 10.2. The summed E-state index contributed by atoms with van der Waals surface area (Å²) in [5.74, 6) is 1.46. The maximum atomic E-state index is 12.3. The molecule has 1 amide bonds. The second kappa shape index (κ2) is 10.3. The van der Waals surface area contributed by atoms with Crippen molar-refractivity contribution in [1.29, 1.82) is 0 Å². The highest BCUT2D eigenvalue weighted by Crippen LogP contribution is 2.17. The normalized spacial score (nSPS) is 20.9. The van der Waals surface area contributed by atoms with Crippen LogP contribution in [0.5, 0.6) is 5.75 Å². The molecule has 1 aromatic carbocycles. The van der Waals surface area contributed by atoms with E-state index in [1.807, 2.05) is 12.1 Å². The Morgan fingerprint density at radius 1 is 1.25 bits per heavy atom. The summed E-state index contributed by atoms with van der Waals surface area (Å²) in [6, 6.07) is 7.71. The molecule has 2 saturated heterocycles. The lowest BCUT2D eigenvalue weighted by Gasteiger charge is -2.32. The van der Waals surface area contributed by atoms with E-state index in [9.17, 15) is 4.79 Å². The van der Waals surface area contributed by atoms with Gasteiger partial charge >= 0.3 is 0 Å². The molecule has 1 aromatic rings. The molecule has 28 heavy (non-hydrogen) atoms. The molecule has 2 aliphatic rings. The monoisotopic (exact) mass is 389 g/mol. The minimum Gasteiger partial charge on any atom is -0.497 e. The zero-order chi connectivity index (χ0) is 19.8. The fourth-order valence-corrected chi connectivity index (χ4v) is 3.72. The van der Waals surface area contributed by atoms with Crippen LogP contribution in [0.15, 0.2) is 29.3 Å². The fraction of sp³-hybridized carbons (Fsp3) is 0.600. The number of carbonyl (C=O) groups is 1. The molecule has 154 valence electrons. The van der Waals surface area contributed by atoms with Gasteiger partial charge in [0.2, 0.25) is 0 Å². The third-order valence-corrected chi connectivity index (χ3v) is 5.26. The van der Waals surface area contributed by atoms with Gasteiger partial charge in [0.1, 0.15) is 5.75 Å². The summed E-state index contributed by atoms with van der Waals surface area (Å²) in [6.45, 7) is 6.82. The summed E-state index contributed by atoms with van der Waals surface area (Å²) in [6.07, 6.45) is 1.15. The molecule has 0 radical (unpaired) electrons. The van der Waals surface area contributed by atoms with Crippen LogP contribution in [-0.4, -0.2) is 94.3 Å². The predicted octanol–water partition coefficient (Wildman–Crippen LogP) is 0.407. The van der Waals surface area contributed by atoms with Gasteiger partial charge in [0.15, 0.2) is 5.96 Å². The van der Waals surface area contributed by atoms with Gasteiger partial charge in [-0.3, -0.25) is 14.7 Å². The fourth-order valence-electron chi connectivity index (χ4n) is 3.72. The summed E-state index contributed by atoms with van der Waals surface area (Å²) in [5, 5.41) is 6.29. The van der Waals surface area contributed by atoms with Gasteiger partial charge < -0.3 is 25.0 Å². The average Bonchev–Trinajstić information content (AvgIpc) is 3.24. The maximum Gasteiger partial charge on any atom is 0.251 e. The number of aliphatic imine (C=N–C) groups is 1. The van der Waals surface area contributed by atoms with E-state index in [1.165, 1.54) is 0 Å². The van der Waals surface area contributed by atoms with Gasteiger partial charge in [0.25, 0.3) is 5.91 Å². The summed E-state index contributed by atoms with van der Waals surface area (Å²) in [5.41, 5.74) is 0.594. The van der Waals surface area contributed by atoms with E-state index in [1.54, 1.807) is 26.3 Å². The first kappa shape index (κ1) is 20.4. The molecule has 0 aromatic heterocycles. The molecule has 0 bridgehead atoms. The van der Waals surface area contributed by atoms with E-state index in [4.69, 9.17) is 9.47 Å². The Balaban J connectivity index is 1.40. The number of likely N-dealkylation sites (tertiary alicyclic amines) is 1. The first-order valence-electron chi connectivity index (χ1n) is 9.91. The van der Waals surface area contributed by atoms with Crippen LogP contribution in [0.25, 0.3) is 0 Å². The minimum atomic E-state index is -0.107. The minimum absolute atomic E-state index is 0.107. The van der Waals surface area contributed by atoms with Crippen molar-refractivity contribution >= 4 is 11.9 Å². The number of ether oxygens (including phenoxy) is 2. The van der Waals surface area contributed by atoms with E-state index in [0.29, 0.717) is 30.4 Å². The third kappa shape index (κ3) is 5.36. The van der Waals surface area contributed by atoms with Crippen LogP contribution in [0, 0.1) is 0 Å². The van der Waals surface area contributed by atoms with Gasteiger partial charge in [-0.2, -0.15) is 0 Å². The second-order valence-electron chi connectivity index (χ2n) is 7.00. The third-order valence-electron chi connectivity index (χ3n) is 5.26. The highest BCUT2D eigenvalue weighted by atomic mass is 16.5. The number of nitrogens with one attached hydrogen (secondary N) is 2. The Morgan fingerprint density at radius 2 is 2.04 bits per heavy atom. The number of nitrogens with zero attached hydrogens (tertiary/aromatic N) is 3. The Hall–Kier alpha value is -2.32. The lowest BCUT2D eigenvalue weighted by Crippen LogP contribution is -2.47. The summed E-state index contributed by atoms with van der Waals surface area (Å²) in [7, 11) is 3.40. The number of guanidine groups is 1. The highest BCUT2D eigenvalue weighted by molar-refractivity contribution is 5.94. The molecule has 2 aliphatic heterocycles. The van der Waals surface area contributed by atoms with Crippen LogP contribution >= 0.6 is 0 Å². The summed E-state index contributed by atoms with van der Waals surface area (Å²) < 4.78 is 10.6. The first-order chi connectivity index (χ1) is 13.7. The number of rotatable bonds is 6. The van der Waals surface area contributed by atoms with Gasteiger partial charge in [-0.25, -0.2) is 0 Å². The van der Waals surface area contributed by atoms with E-state index < -0.39 is 0 Å². The number of benzene rings is 1. The Kier molecular flexibility index (Phi) is 7.50. The summed E-state index contributed by atoms with van der Waals surface area (Å²) >= 11 is 0. The lowest BCUT2D eigenvalue weighted by molar-refractivity contribution is 0.0195. The SMILES string of the molecule is CN=C(NCCNC(=O)c1cccc(OC)c1)N1CCC(N2CCOCC2)C1. The highest BCUT2D eigenvalue weighted by Gasteiger charge is 2.30. The number of carbonyl (C=O) groups excluding carboxylic acids is 1. The van der Waals surface area contributed by atoms with Crippen molar-refractivity contribution in [2.75, 3.05) is 66.6 Å². The largest absolute Gasteiger partial charge is 0.497 e. The molecule has 0 aliphatic carbocycles. The number of hydrogen-bond donors (Lipinski definition) is 2. The van der Waals surface area contributed by atoms with Crippen molar-refractivity contribution in [2.45, 2.75) is 12.5 Å². The van der Waals surface area contributed by atoms with Crippen LogP contribution in [-0.2, 0) is 4.74 Å². The quantitative estimate of drug-likeness (QED) is 0.417. The smallest absolute Gasteiger partial charge is 0.251 e. The Bertz CT molecular complexity index is 676. The number of amides is 1. The first-order valence-corrected chi connectivity index (χ1v) is 9.91. The van der Waals surface area contributed by atoms with Gasteiger partial charge in [-0.1, -0.05) is 6.07 Å². The molecule has 1 unspecified atom stereocenters. The molecule has 8 nitrogen and oxygen atoms in total. The number of morpholine rings is 1. The zero-order valence-corrected chi connectivity index (χ0v) is 16.8. The van der Waals surface area contributed by atoms with Crippen LogP contribution in [0.2, 0.25) is 0 Å². The van der Waals surface area contributed by atoms with Crippen LogP contribution < -0.4 is 15.4 Å². The molecule has 8 heteroatoms. The van der Waals surface area contributed by atoms with Crippen molar-refractivity contribution in [3.8, 4) is 5.75 Å². The van der Waals surface area contributed by atoms with Crippen molar-refractivity contribution in [2.24, 2.45) is 4.99 Å². The molecule has 0 saturated carbocycles. The molecule has 2 heterocycles. The maximum absolute atomic E-state index is 12.3. The summed E-state index contributed by atoms with van der Waals surface area (Å²) in [4.78, 5) is 21.5. The number of hydrogen-bond acceptors (Lipinski definition) is 5. The average molecular weight is 390 g/mol. The van der Waals surface area contributed by atoms with Crippen LogP contribution in [0.1, 0.15) is 16.8 Å². The number of methoxy groups -OCH3 is 1. The van der Waals surface area contributed by atoms with Crippen LogP contribution in [0.3, 0.4) is 0 Å². The van der Waals surface area contributed by atoms with Crippen molar-refractivity contribution in [3.63, 3.8) is 0 Å². The molecular weight excluding hydrogens is 358 g/mol. The molecular formula is C20H31N5O3. The van der Waals surface area contributed by atoms with Crippen molar-refractivity contribution in [3.05, 3.63) is 29.8 Å². The van der Waals surface area contributed by atoms with E-state index >= 15 is 0 Å². The molecule has 1 atom stereocenters. The second-order valence-corrected chi connectivity index (χ2v) is 7.00. The Morgan fingerprint density at radius 3 is 2.79 bits per heavy atom. The van der Waals surface area contributed by atoms with Crippen LogP contribution in [0.4, 0.5) is 0 Å². The van der Waals surface area contributed by atoms with Crippen molar-refractivity contribution in [1.82, 2.24) is 20.4 Å². The topological polar surface area (TPSA) is 78.4 Å². The van der Waals surface area contributed by atoms with Gasteiger partial charge in [-0.05, 0) is 24.6 Å². The molecule has 2 fully saturated rings. The van der Waals surface area contributed by atoms with E-state index in [0.717, 1.165) is 51.8 Å².